The lowest BCUT2D eigenvalue weighted by Gasteiger charge is -2.33. The van der Waals surface area contributed by atoms with Gasteiger partial charge in [0, 0.05) is 6.42 Å². The Labute approximate surface area is 234 Å². The van der Waals surface area contributed by atoms with Crippen LogP contribution in [-0.2, 0) is 0 Å². The Hall–Kier alpha value is -1.95. The van der Waals surface area contributed by atoms with Gasteiger partial charge in [-0.3, -0.25) is 0 Å². The SMILES string of the molecule is CCCCCCCCCCCCC(C)[N+](C)(C)Oc1ccccc1.COc1c(Cl)ccc(Cl)c1C(=O)[O-]. The maximum atomic E-state index is 10.6. The number of carboxylic acid groups (broad SMARTS) is 1. The van der Waals surface area contributed by atoms with Gasteiger partial charge >= 0.3 is 0 Å². The minimum absolute atomic E-state index is 0.0224. The van der Waals surface area contributed by atoms with Gasteiger partial charge in [0.25, 0.3) is 0 Å². The number of aromatic carboxylic acids is 1. The molecule has 0 aliphatic heterocycles. The van der Waals surface area contributed by atoms with Gasteiger partial charge in [-0.2, -0.15) is 0 Å². The normalized spacial score (nSPS) is 11.9. The number of nitrogens with zero attached hydrogens (tertiary/aromatic N) is 1. The minimum atomic E-state index is -1.41. The zero-order chi connectivity index (χ0) is 27.7. The van der Waals surface area contributed by atoms with Crippen LogP contribution in [0.2, 0.25) is 10.0 Å². The van der Waals surface area contributed by atoms with E-state index in [0.717, 1.165) is 5.75 Å². The number of unbranched alkanes of at least 4 members (excludes halogenated alkanes) is 9. The minimum Gasteiger partial charge on any atom is -0.545 e. The number of carbonyl (C=O) groups is 1. The molecule has 0 aliphatic rings. The van der Waals surface area contributed by atoms with Crippen molar-refractivity contribution < 1.29 is 24.1 Å². The van der Waals surface area contributed by atoms with Crippen LogP contribution in [0.4, 0.5) is 0 Å². The van der Waals surface area contributed by atoms with Crippen LogP contribution in [0.5, 0.6) is 11.5 Å². The number of hydrogen-bond acceptors (Lipinski definition) is 4. The molecule has 7 heteroatoms. The molecule has 0 fully saturated rings. The summed E-state index contributed by atoms with van der Waals surface area (Å²) >= 11 is 11.3. The van der Waals surface area contributed by atoms with Crippen molar-refractivity contribution in [2.45, 2.75) is 90.5 Å². The van der Waals surface area contributed by atoms with E-state index >= 15 is 0 Å². The topological polar surface area (TPSA) is 58.6 Å². The highest BCUT2D eigenvalue weighted by Gasteiger charge is 2.26. The zero-order valence-corrected chi connectivity index (χ0v) is 24.7. The Balaban J connectivity index is 0.000000442. The average Bonchev–Trinajstić information content (AvgIpc) is 2.86. The number of hydrogen-bond donors (Lipinski definition) is 0. The molecule has 2 aromatic rings. The standard InChI is InChI=1S/C22H40NO.C8H6Cl2O3/c1-5-6-7-8-9-10-11-12-13-15-18-21(2)23(3,4)24-22-19-16-14-17-20-22;1-13-7-5(10)3-2-4(9)6(7)8(11)12/h14,16-17,19-21H,5-13,15,18H2,1-4H3;2-3H,1H3,(H,11,12)/q+1;/p-1. The lowest BCUT2D eigenvalue weighted by Crippen LogP contribution is -2.50. The van der Waals surface area contributed by atoms with Crippen molar-refractivity contribution in [2.24, 2.45) is 0 Å². The van der Waals surface area contributed by atoms with E-state index in [1.165, 1.54) is 89.9 Å². The molecule has 0 saturated heterocycles. The van der Waals surface area contributed by atoms with Gasteiger partial charge in [-0.1, -0.05) is 106 Å². The smallest absolute Gasteiger partial charge is 0.190 e. The summed E-state index contributed by atoms with van der Waals surface area (Å²) in [6.45, 7) is 4.59. The number of halogens is 2. The third kappa shape index (κ3) is 12.9. The summed E-state index contributed by atoms with van der Waals surface area (Å²) in [5.74, 6) is -0.434. The lowest BCUT2D eigenvalue weighted by atomic mass is 10.0. The lowest BCUT2D eigenvalue weighted by molar-refractivity contribution is -1.07. The molecule has 0 saturated carbocycles. The number of carboxylic acids is 1. The van der Waals surface area contributed by atoms with E-state index in [1.807, 2.05) is 30.3 Å². The fraction of sp³-hybridized carbons (Fsp3) is 0.567. The molecule has 0 radical (unpaired) electrons. The number of rotatable bonds is 16. The first kappa shape index (κ1) is 33.1. The number of benzene rings is 2. The molecule has 208 valence electrons. The molecule has 0 aliphatic carbocycles. The molecular weight excluding hydrogens is 509 g/mol. The first-order valence-corrected chi connectivity index (χ1v) is 14.2. The van der Waals surface area contributed by atoms with Gasteiger partial charge in [-0.05, 0) is 37.6 Å². The van der Waals surface area contributed by atoms with Crippen molar-refractivity contribution in [1.82, 2.24) is 0 Å². The Bertz CT molecular complexity index is 906. The predicted molar refractivity (Wildman–Crippen MR) is 152 cm³/mol. The number of ether oxygens (including phenoxy) is 1. The number of para-hydroxylation sites is 1. The Morgan fingerprint density at radius 2 is 1.38 bits per heavy atom. The maximum absolute atomic E-state index is 10.6. The Kier molecular flexibility index (Phi) is 16.4. The van der Waals surface area contributed by atoms with Crippen molar-refractivity contribution in [3.63, 3.8) is 0 Å². The second-order valence-electron chi connectivity index (χ2n) is 9.88. The summed E-state index contributed by atoms with van der Waals surface area (Å²) in [4.78, 5) is 16.8. The van der Waals surface area contributed by atoms with E-state index in [2.05, 4.69) is 27.9 Å². The number of methoxy groups -OCH3 is 1. The zero-order valence-electron chi connectivity index (χ0n) is 23.2. The van der Waals surface area contributed by atoms with Crippen molar-refractivity contribution >= 4 is 29.2 Å². The van der Waals surface area contributed by atoms with Crippen LogP contribution in [0.1, 0.15) is 94.8 Å². The number of hydroxylamine groups is 3. The van der Waals surface area contributed by atoms with Gasteiger partial charge in [-0.25, -0.2) is 0 Å². The monoisotopic (exact) mass is 553 g/mol. The van der Waals surface area contributed by atoms with Gasteiger partial charge in [0.1, 0.15) is 25.9 Å². The van der Waals surface area contributed by atoms with Crippen LogP contribution in [0.15, 0.2) is 42.5 Å². The van der Waals surface area contributed by atoms with E-state index in [1.54, 1.807) is 0 Å². The van der Waals surface area contributed by atoms with Crippen LogP contribution in [-0.4, -0.2) is 37.9 Å². The summed E-state index contributed by atoms with van der Waals surface area (Å²) in [6.07, 6.45) is 15.2. The average molecular weight is 555 g/mol. The fourth-order valence-electron chi connectivity index (χ4n) is 4.00. The van der Waals surface area contributed by atoms with Crippen LogP contribution < -0.4 is 14.7 Å². The molecule has 0 amide bonds. The van der Waals surface area contributed by atoms with Crippen molar-refractivity contribution in [1.29, 1.82) is 0 Å². The van der Waals surface area contributed by atoms with Crippen molar-refractivity contribution in [3.05, 3.63) is 58.1 Å². The molecule has 37 heavy (non-hydrogen) atoms. The van der Waals surface area contributed by atoms with Crippen molar-refractivity contribution in [3.8, 4) is 11.5 Å². The summed E-state index contributed by atoms with van der Waals surface area (Å²) in [6, 6.07) is 13.5. The van der Waals surface area contributed by atoms with E-state index in [-0.39, 0.29) is 21.4 Å². The highest BCUT2D eigenvalue weighted by Crippen LogP contribution is 2.33. The van der Waals surface area contributed by atoms with Crippen LogP contribution >= 0.6 is 23.2 Å². The molecule has 5 nitrogen and oxygen atoms in total. The molecular formula is C30H45Cl2NO4. The largest absolute Gasteiger partial charge is 0.545 e. The Morgan fingerprint density at radius 3 is 1.86 bits per heavy atom. The highest BCUT2D eigenvalue weighted by molar-refractivity contribution is 6.36. The Morgan fingerprint density at radius 1 is 0.865 bits per heavy atom. The summed E-state index contributed by atoms with van der Waals surface area (Å²) in [7, 11) is 5.63. The van der Waals surface area contributed by atoms with E-state index in [0.29, 0.717) is 10.7 Å². The molecule has 0 aromatic heterocycles. The summed E-state index contributed by atoms with van der Waals surface area (Å²) in [5.41, 5.74) is -0.225. The van der Waals surface area contributed by atoms with Gasteiger partial charge in [-0.15, -0.1) is 4.65 Å². The molecule has 1 unspecified atom stereocenters. The van der Waals surface area contributed by atoms with Gasteiger partial charge in [0.15, 0.2) is 5.75 Å². The molecule has 0 bridgehead atoms. The highest BCUT2D eigenvalue weighted by atomic mass is 35.5. The summed E-state index contributed by atoms with van der Waals surface area (Å²) < 4.78 is 5.38. The second kappa shape index (κ2) is 18.3. The molecule has 0 N–H and O–H groups in total. The van der Waals surface area contributed by atoms with Crippen LogP contribution in [0.3, 0.4) is 0 Å². The van der Waals surface area contributed by atoms with E-state index in [4.69, 9.17) is 32.8 Å². The quantitative estimate of drug-likeness (QED) is 0.119. The molecule has 0 spiro atoms. The number of quaternary nitrogens is 1. The van der Waals surface area contributed by atoms with E-state index < -0.39 is 5.97 Å². The van der Waals surface area contributed by atoms with E-state index in [9.17, 15) is 9.90 Å². The first-order valence-electron chi connectivity index (χ1n) is 13.5. The maximum Gasteiger partial charge on any atom is 0.190 e. The molecule has 1 atom stereocenters. The predicted octanol–water partition coefficient (Wildman–Crippen LogP) is 8.12. The van der Waals surface area contributed by atoms with Gasteiger partial charge in [0.2, 0.25) is 0 Å². The van der Waals surface area contributed by atoms with Crippen LogP contribution in [0, 0.1) is 0 Å². The fourth-order valence-corrected chi connectivity index (χ4v) is 4.46. The molecule has 0 heterocycles. The first-order chi connectivity index (χ1) is 17.6. The second-order valence-corrected chi connectivity index (χ2v) is 10.7. The number of carbonyl (C=O) groups excluding carboxylic acids is 1. The summed E-state index contributed by atoms with van der Waals surface area (Å²) in [5, 5.41) is 10.8. The molecule has 2 aromatic carbocycles. The van der Waals surface area contributed by atoms with Crippen molar-refractivity contribution in [2.75, 3.05) is 21.2 Å². The third-order valence-corrected chi connectivity index (χ3v) is 7.20. The van der Waals surface area contributed by atoms with Gasteiger partial charge < -0.3 is 19.5 Å². The third-order valence-electron chi connectivity index (χ3n) is 6.59. The molecule has 2 rings (SSSR count). The van der Waals surface area contributed by atoms with Crippen LogP contribution in [0.25, 0.3) is 0 Å². The van der Waals surface area contributed by atoms with Gasteiger partial charge in [0.05, 0.1) is 28.7 Å².